The van der Waals surface area contributed by atoms with Crippen LogP contribution in [0.4, 0.5) is 0 Å². The van der Waals surface area contributed by atoms with Crippen molar-refractivity contribution >= 4 is 14.1 Å². The fourth-order valence-corrected chi connectivity index (χ4v) is 2.52. The number of carbonyl (C=O) groups excluding carboxylic acids is 1. The van der Waals surface area contributed by atoms with Crippen molar-refractivity contribution in [3.63, 3.8) is 0 Å². The summed E-state index contributed by atoms with van der Waals surface area (Å²) in [6.45, 7) is 12.9. The van der Waals surface area contributed by atoms with Crippen molar-refractivity contribution in [2.45, 2.75) is 51.7 Å². The average molecular weight is 313 g/mol. The van der Waals surface area contributed by atoms with E-state index in [4.69, 9.17) is 9.16 Å². The third kappa shape index (κ3) is 6.11. The first-order valence-electron chi connectivity index (χ1n) is 7.39. The highest BCUT2D eigenvalue weighted by molar-refractivity contribution is 6.74. The Balaban J connectivity index is 2.07. The molecule has 21 heavy (non-hydrogen) atoms. The molecule has 0 aromatic carbocycles. The van der Waals surface area contributed by atoms with Gasteiger partial charge in [-0.1, -0.05) is 25.9 Å². The molecule has 1 rings (SSSR count). The summed E-state index contributed by atoms with van der Waals surface area (Å²) < 4.78 is 16.2. The molecule has 0 aliphatic carbocycles. The van der Waals surface area contributed by atoms with Crippen LogP contribution in [0.2, 0.25) is 18.1 Å². The number of hydrogen-bond donors (Lipinski definition) is 0. The Morgan fingerprint density at radius 1 is 1.29 bits per heavy atom. The van der Waals surface area contributed by atoms with Gasteiger partial charge in [-0.2, -0.15) is 0 Å². The van der Waals surface area contributed by atoms with Crippen molar-refractivity contribution in [2.24, 2.45) is 0 Å². The number of aromatic nitrogens is 1. The van der Waals surface area contributed by atoms with Crippen molar-refractivity contribution in [3.05, 3.63) is 18.0 Å². The van der Waals surface area contributed by atoms with E-state index in [-0.39, 0.29) is 10.8 Å². The largest absolute Gasteiger partial charge is 0.414 e. The van der Waals surface area contributed by atoms with E-state index < -0.39 is 8.32 Å². The molecule has 5 nitrogen and oxygen atoms in total. The summed E-state index contributed by atoms with van der Waals surface area (Å²) in [6.07, 6.45) is 2.52. The highest BCUT2D eigenvalue weighted by Gasteiger charge is 2.36. The number of Topliss-reactive ketones (excluding diaryl/α,β-unsaturated/α-hetero) is 1. The standard InChI is InChI=1S/C15H27NO4Si/c1-15(2,3)21(4,5)20-12-11-18-9-6-7-14(17)13-8-10-19-16-13/h8,10H,6-7,9,11-12H2,1-5H3. The van der Waals surface area contributed by atoms with E-state index in [2.05, 4.69) is 43.5 Å². The van der Waals surface area contributed by atoms with E-state index in [1.165, 1.54) is 6.26 Å². The van der Waals surface area contributed by atoms with Crippen molar-refractivity contribution in [3.8, 4) is 0 Å². The normalized spacial score (nSPS) is 12.6. The molecular formula is C15H27NO4Si. The van der Waals surface area contributed by atoms with Crippen LogP contribution >= 0.6 is 0 Å². The van der Waals surface area contributed by atoms with Crippen molar-refractivity contribution < 1.29 is 18.5 Å². The van der Waals surface area contributed by atoms with Gasteiger partial charge in [-0.3, -0.25) is 4.79 Å². The lowest BCUT2D eigenvalue weighted by molar-refractivity contribution is 0.0845. The first kappa shape index (κ1) is 18.1. The van der Waals surface area contributed by atoms with Crippen molar-refractivity contribution in [2.75, 3.05) is 19.8 Å². The van der Waals surface area contributed by atoms with Gasteiger partial charge in [0, 0.05) is 19.1 Å². The maximum Gasteiger partial charge on any atom is 0.192 e. The number of rotatable bonds is 9. The SMILES string of the molecule is CC(C)(C)[Si](C)(C)OCCOCCCC(=O)c1ccon1. The van der Waals surface area contributed by atoms with E-state index in [0.29, 0.717) is 38.4 Å². The van der Waals surface area contributed by atoms with Gasteiger partial charge in [0.15, 0.2) is 14.1 Å². The Morgan fingerprint density at radius 2 is 2.00 bits per heavy atom. The predicted octanol–water partition coefficient (Wildman–Crippen LogP) is 3.68. The molecule has 0 amide bonds. The first-order chi connectivity index (χ1) is 9.74. The zero-order valence-electron chi connectivity index (χ0n) is 13.8. The Kier molecular flexibility index (Phi) is 6.77. The zero-order chi connectivity index (χ0) is 15.9. The Hall–Kier alpha value is -0.983. The van der Waals surface area contributed by atoms with Crippen LogP contribution in [-0.2, 0) is 9.16 Å². The number of ether oxygens (including phenoxy) is 1. The van der Waals surface area contributed by atoms with Crippen LogP contribution < -0.4 is 0 Å². The second-order valence-corrected chi connectivity index (χ2v) is 11.4. The minimum absolute atomic E-state index is 0.00938. The Morgan fingerprint density at radius 3 is 2.57 bits per heavy atom. The van der Waals surface area contributed by atoms with Crippen molar-refractivity contribution in [1.82, 2.24) is 5.16 Å². The van der Waals surface area contributed by atoms with Crippen LogP contribution in [-0.4, -0.2) is 39.1 Å². The summed E-state index contributed by atoms with van der Waals surface area (Å²) >= 11 is 0. The van der Waals surface area contributed by atoms with Gasteiger partial charge in [-0.05, 0) is 24.6 Å². The van der Waals surface area contributed by atoms with Gasteiger partial charge in [-0.25, -0.2) is 0 Å². The summed E-state index contributed by atoms with van der Waals surface area (Å²) in [5.74, 6) is -0.00938. The van der Waals surface area contributed by atoms with Crippen LogP contribution in [0.3, 0.4) is 0 Å². The fourth-order valence-electron chi connectivity index (χ4n) is 1.49. The van der Waals surface area contributed by atoms with E-state index >= 15 is 0 Å². The summed E-state index contributed by atoms with van der Waals surface area (Å²) in [5.41, 5.74) is 0.385. The summed E-state index contributed by atoms with van der Waals surface area (Å²) in [4.78, 5) is 11.6. The molecule has 0 aliphatic rings. The molecule has 1 heterocycles. The van der Waals surface area contributed by atoms with Crippen LogP contribution in [0.15, 0.2) is 16.9 Å². The Bertz CT molecular complexity index is 423. The van der Waals surface area contributed by atoms with Gasteiger partial charge in [0.05, 0.1) is 13.2 Å². The lowest BCUT2D eigenvalue weighted by Crippen LogP contribution is -2.41. The van der Waals surface area contributed by atoms with Gasteiger partial charge < -0.3 is 13.7 Å². The second kappa shape index (κ2) is 7.86. The third-order valence-corrected chi connectivity index (χ3v) is 8.45. The molecule has 6 heteroatoms. The Labute approximate surface area is 128 Å². The second-order valence-electron chi connectivity index (χ2n) is 6.63. The number of hydrogen-bond acceptors (Lipinski definition) is 5. The predicted molar refractivity (Wildman–Crippen MR) is 84.0 cm³/mol. The lowest BCUT2D eigenvalue weighted by Gasteiger charge is -2.36. The fraction of sp³-hybridized carbons (Fsp3) is 0.733. The van der Waals surface area contributed by atoms with Crippen LogP contribution in [0.1, 0.15) is 44.1 Å². The quantitative estimate of drug-likeness (QED) is 0.395. The average Bonchev–Trinajstić information content (AvgIpc) is 2.89. The summed E-state index contributed by atoms with van der Waals surface area (Å²) in [7, 11) is -1.68. The topological polar surface area (TPSA) is 61.6 Å². The molecule has 0 aliphatic heterocycles. The molecule has 0 saturated heterocycles. The molecule has 0 bridgehead atoms. The minimum Gasteiger partial charge on any atom is -0.414 e. The molecule has 1 aromatic rings. The van der Waals surface area contributed by atoms with Gasteiger partial charge in [0.25, 0.3) is 0 Å². The van der Waals surface area contributed by atoms with Crippen LogP contribution in [0.25, 0.3) is 0 Å². The number of ketones is 1. The van der Waals surface area contributed by atoms with E-state index in [9.17, 15) is 4.79 Å². The van der Waals surface area contributed by atoms with E-state index in [0.717, 1.165) is 0 Å². The minimum atomic E-state index is -1.68. The maximum absolute atomic E-state index is 11.6. The third-order valence-electron chi connectivity index (χ3n) is 3.91. The molecule has 0 saturated carbocycles. The van der Waals surface area contributed by atoms with Crippen LogP contribution in [0.5, 0.6) is 0 Å². The molecule has 0 radical (unpaired) electrons. The lowest BCUT2D eigenvalue weighted by atomic mass is 10.2. The van der Waals surface area contributed by atoms with E-state index in [1.54, 1.807) is 6.07 Å². The first-order valence-corrected chi connectivity index (χ1v) is 10.3. The number of nitrogens with zero attached hydrogens (tertiary/aromatic N) is 1. The monoisotopic (exact) mass is 313 g/mol. The molecule has 0 unspecified atom stereocenters. The zero-order valence-corrected chi connectivity index (χ0v) is 14.8. The van der Waals surface area contributed by atoms with Crippen molar-refractivity contribution in [1.29, 1.82) is 0 Å². The molecule has 0 N–H and O–H groups in total. The number of carbonyl (C=O) groups is 1. The van der Waals surface area contributed by atoms with Gasteiger partial charge in [0.1, 0.15) is 12.0 Å². The van der Waals surface area contributed by atoms with Gasteiger partial charge >= 0.3 is 0 Å². The molecule has 1 aromatic heterocycles. The summed E-state index contributed by atoms with van der Waals surface area (Å²) in [6, 6.07) is 1.58. The molecule has 120 valence electrons. The molecular weight excluding hydrogens is 286 g/mol. The highest BCUT2D eigenvalue weighted by Crippen LogP contribution is 2.36. The molecule has 0 fully saturated rings. The van der Waals surface area contributed by atoms with Crippen LogP contribution in [0, 0.1) is 0 Å². The van der Waals surface area contributed by atoms with E-state index in [1.807, 2.05) is 0 Å². The van der Waals surface area contributed by atoms with Gasteiger partial charge in [0.2, 0.25) is 0 Å². The molecule has 0 spiro atoms. The summed E-state index contributed by atoms with van der Waals surface area (Å²) in [5, 5.41) is 3.83. The smallest absolute Gasteiger partial charge is 0.192 e. The van der Waals surface area contributed by atoms with Gasteiger partial charge in [-0.15, -0.1) is 0 Å². The maximum atomic E-state index is 11.6. The molecule has 0 atom stereocenters. The highest BCUT2D eigenvalue weighted by atomic mass is 28.4.